The third-order valence-electron chi connectivity index (χ3n) is 6.95. The number of fused-ring (bicyclic) bond motifs is 3. The minimum absolute atomic E-state index is 0.188. The molecule has 0 fully saturated rings. The number of para-hydroxylation sites is 2. The largest absolute Gasteiger partial charge is 0.396 e. The lowest BCUT2D eigenvalue weighted by molar-refractivity contribution is -0.671. The first-order valence-electron chi connectivity index (χ1n) is 12.4. The third-order valence-corrected chi connectivity index (χ3v) is 6.95. The molecule has 0 aliphatic carbocycles. The molecule has 0 saturated carbocycles. The summed E-state index contributed by atoms with van der Waals surface area (Å²) >= 11 is 0. The minimum atomic E-state index is 0.188. The van der Waals surface area contributed by atoms with Crippen molar-refractivity contribution in [3.8, 4) is 0 Å². The highest BCUT2D eigenvalue weighted by molar-refractivity contribution is 5.84. The molecule has 0 unspecified atom stereocenters. The van der Waals surface area contributed by atoms with Crippen molar-refractivity contribution in [2.75, 3.05) is 6.61 Å². The van der Waals surface area contributed by atoms with Gasteiger partial charge in [0, 0.05) is 6.61 Å². The van der Waals surface area contributed by atoms with Crippen LogP contribution in [0.3, 0.4) is 0 Å². The van der Waals surface area contributed by atoms with Crippen LogP contribution in [0, 0.1) is 0 Å². The molecule has 1 heterocycles. The Balaban J connectivity index is 1.46. The van der Waals surface area contributed by atoms with Gasteiger partial charge in [-0.1, -0.05) is 84.9 Å². The Bertz CT molecular complexity index is 1530. The summed E-state index contributed by atoms with van der Waals surface area (Å²) in [6.07, 6.45) is 1.57. The smallest absolute Gasteiger partial charge is 0.258 e. The van der Waals surface area contributed by atoms with Crippen molar-refractivity contribution in [3.05, 3.63) is 126 Å². The zero-order chi connectivity index (χ0) is 23.6. The van der Waals surface area contributed by atoms with E-state index in [-0.39, 0.29) is 6.61 Å². The predicted molar refractivity (Wildman–Crippen MR) is 144 cm³/mol. The van der Waals surface area contributed by atoms with Crippen LogP contribution < -0.4 is 4.57 Å². The molecule has 0 amide bonds. The summed E-state index contributed by atoms with van der Waals surface area (Å²) in [5.41, 5.74) is 5.03. The van der Waals surface area contributed by atoms with Crippen molar-refractivity contribution < 1.29 is 9.67 Å². The maximum Gasteiger partial charge on any atom is 0.258 e. The highest BCUT2D eigenvalue weighted by Crippen LogP contribution is 2.22. The summed E-state index contributed by atoms with van der Waals surface area (Å²) in [5.74, 6) is 1.25. The van der Waals surface area contributed by atoms with Crippen LogP contribution in [0.5, 0.6) is 0 Å². The van der Waals surface area contributed by atoms with E-state index in [9.17, 15) is 5.11 Å². The number of nitrogens with zero attached hydrogens (tertiary/aromatic N) is 2. The molecule has 0 spiro atoms. The van der Waals surface area contributed by atoms with Gasteiger partial charge in [-0.25, -0.2) is 9.13 Å². The summed E-state index contributed by atoms with van der Waals surface area (Å²) in [6, 6.07) is 39.2. The SMILES string of the molecule is OCCCc1n(Cc2ccc3ccccc3c2)c2ccccc2[n+]1Cc1ccc2ccccc2c1. The van der Waals surface area contributed by atoms with Gasteiger partial charge in [0.05, 0.1) is 6.42 Å². The third kappa shape index (κ3) is 4.20. The van der Waals surface area contributed by atoms with Gasteiger partial charge in [0.2, 0.25) is 0 Å². The van der Waals surface area contributed by atoms with Gasteiger partial charge in [-0.2, -0.15) is 0 Å². The van der Waals surface area contributed by atoms with E-state index in [1.807, 2.05) is 0 Å². The van der Waals surface area contributed by atoms with E-state index in [1.54, 1.807) is 0 Å². The quantitative estimate of drug-likeness (QED) is 0.282. The van der Waals surface area contributed by atoms with Gasteiger partial charge in [0.1, 0.15) is 13.1 Å². The van der Waals surface area contributed by atoms with Crippen LogP contribution in [0.15, 0.2) is 109 Å². The van der Waals surface area contributed by atoms with Crippen molar-refractivity contribution in [2.45, 2.75) is 25.9 Å². The van der Waals surface area contributed by atoms with Gasteiger partial charge >= 0.3 is 0 Å². The van der Waals surface area contributed by atoms with Crippen LogP contribution in [-0.2, 0) is 19.5 Å². The number of imidazole rings is 1. The molecule has 6 rings (SSSR count). The molecule has 0 aliphatic rings. The molecule has 35 heavy (non-hydrogen) atoms. The highest BCUT2D eigenvalue weighted by Gasteiger charge is 2.25. The fraction of sp³-hybridized carbons (Fsp3) is 0.156. The molecule has 1 aromatic heterocycles. The highest BCUT2D eigenvalue weighted by atomic mass is 16.2. The zero-order valence-electron chi connectivity index (χ0n) is 19.8. The van der Waals surface area contributed by atoms with E-state index in [0.717, 1.165) is 25.9 Å². The van der Waals surface area contributed by atoms with Gasteiger partial charge < -0.3 is 5.11 Å². The van der Waals surface area contributed by atoms with Crippen LogP contribution in [0.1, 0.15) is 23.4 Å². The topological polar surface area (TPSA) is 29.0 Å². The summed E-state index contributed by atoms with van der Waals surface area (Å²) in [7, 11) is 0. The number of aliphatic hydroxyl groups is 1. The van der Waals surface area contributed by atoms with Crippen LogP contribution >= 0.6 is 0 Å². The number of aromatic nitrogens is 2. The van der Waals surface area contributed by atoms with Gasteiger partial charge in [-0.15, -0.1) is 0 Å². The fourth-order valence-electron chi connectivity index (χ4n) is 5.24. The van der Waals surface area contributed by atoms with Gasteiger partial charge in [0.15, 0.2) is 11.0 Å². The van der Waals surface area contributed by atoms with Crippen molar-refractivity contribution in [1.29, 1.82) is 0 Å². The van der Waals surface area contributed by atoms with Crippen molar-refractivity contribution in [3.63, 3.8) is 0 Å². The van der Waals surface area contributed by atoms with Gasteiger partial charge in [-0.05, 0) is 63.4 Å². The first-order valence-corrected chi connectivity index (χ1v) is 12.4. The summed E-state index contributed by atoms with van der Waals surface area (Å²) in [6.45, 7) is 1.79. The first kappa shape index (κ1) is 21.6. The van der Waals surface area contributed by atoms with Gasteiger partial charge in [0.25, 0.3) is 5.82 Å². The molecule has 0 bridgehead atoms. The number of aliphatic hydroxyl groups excluding tert-OH is 1. The first-order chi connectivity index (χ1) is 17.3. The van der Waals surface area contributed by atoms with E-state index in [2.05, 4.69) is 118 Å². The van der Waals surface area contributed by atoms with E-state index in [1.165, 1.54) is 49.5 Å². The Morgan fingerprint density at radius 1 is 0.629 bits per heavy atom. The van der Waals surface area contributed by atoms with Crippen LogP contribution in [0.2, 0.25) is 0 Å². The molecule has 6 aromatic rings. The normalized spacial score (nSPS) is 11.6. The average Bonchev–Trinajstić information content (AvgIpc) is 3.19. The standard InChI is InChI=1S/C32H29N2O/c35-19-7-14-32-33(22-24-15-17-26-8-1-3-10-28(26)20-24)30-12-5-6-13-31(30)34(32)23-25-16-18-27-9-2-4-11-29(27)21-25/h1-6,8-13,15-18,20-21,35H,7,14,19,22-23H2/q+1. The maximum absolute atomic E-state index is 9.68. The van der Waals surface area contributed by atoms with E-state index < -0.39 is 0 Å². The molecule has 172 valence electrons. The van der Waals surface area contributed by atoms with Crippen molar-refractivity contribution in [1.82, 2.24) is 4.57 Å². The Kier molecular flexibility index (Phi) is 5.77. The Morgan fingerprint density at radius 3 is 1.94 bits per heavy atom. The molecule has 1 N–H and O–H groups in total. The Labute approximate surface area is 205 Å². The molecule has 0 radical (unpaired) electrons. The monoisotopic (exact) mass is 457 g/mol. The number of benzene rings is 5. The second-order valence-electron chi connectivity index (χ2n) is 9.27. The van der Waals surface area contributed by atoms with Crippen molar-refractivity contribution in [2.24, 2.45) is 0 Å². The molecule has 0 atom stereocenters. The minimum Gasteiger partial charge on any atom is -0.396 e. The molecule has 5 aromatic carbocycles. The average molecular weight is 458 g/mol. The second-order valence-corrected chi connectivity index (χ2v) is 9.27. The predicted octanol–water partition coefficient (Wildman–Crippen LogP) is 6.26. The van der Waals surface area contributed by atoms with E-state index in [0.29, 0.717) is 0 Å². The second kappa shape index (κ2) is 9.36. The summed E-state index contributed by atoms with van der Waals surface area (Å²) < 4.78 is 4.88. The lowest BCUT2D eigenvalue weighted by Crippen LogP contribution is -2.39. The van der Waals surface area contributed by atoms with Crippen LogP contribution in [0.4, 0.5) is 0 Å². The van der Waals surface area contributed by atoms with Crippen molar-refractivity contribution >= 4 is 32.6 Å². The fourth-order valence-corrected chi connectivity index (χ4v) is 5.24. The molecular weight excluding hydrogens is 428 g/mol. The van der Waals surface area contributed by atoms with Crippen LogP contribution in [0.25, 0.3) is 32.6 Å². The Hall–Kier alpha value is -3.95. The summed E-state index contributed by atoms with van der Waals surface area (Å²) in [5, 5.41) is 14.7. The lowest BCUT2D eigenvalue weighted by Gasteiger charge is -2.08. The summed E-state index contributed by atoms with van der Waals surface area (Å²) in [4.78, 5) is 0. The van der Waals surface area contributed by atoms with E-state index >= 15 is 0 Å². The number of hydrogen-bond acceptors (Lipinski definition) is 1. The maximum atomic E-state index is 9.68. The molecule has 3 nitrogen and oxygen atoms in total. The zero-order valence-corrected chi connectivity index (χ0v) is 19.8. The molecule has 0 saturated heterocycles. The number of hydrogen-bond donors (Lipinski definition) is 1. The molecular formula is C32H29N2O+. The molecule has 3 heteroatoms. The molecule has 0 aliphatic heterocycles. The van der Waals surface area contributed by atoms with Gasteiger partial charge in [-0.3, -0.25) is 0 Å². The Morgan fingerprint density at radius 2 is 1.23 bits per heavy atom. The lowest BCUT2D eigenvalue weighted by atomic mass is 10.1. The van der Waals surface area contributed by atoms with E-state index in [4.69, 9.17) is 0 Å². The number of rotatable bonds is 7. The van der Waals surface area contributed by atoms with Crippen LogP contribution in [-0.4, -0.2) is 16.3 Å².